The summed E-state index contributed by atoms with van der Waals surface area (Å²) in [7, 11) is 1.55. The van der Waals surface area contributed by atoms with Gasteiger partial charge in [-0.1, -0.05) is 31.2 Å². The minimum absolute atomic E-state index is 0.0172. The summed E-state index contributed by atoms with van der Waals surface area (Å²) in [6.07, 6.45) is 2.35. The van der Waals surface area contributed by atoms with Gasteiger partial charge >= 0.3 is 0 Å². The third kappa shape index (κ3) is 5.35. The Kier molecular flexibility index (Phi) is 7.01. The molecular weight excluding hydrogens is 340 g/mol. The number of nitrogens with zero attached hydrogens (tertiary/aromatic N) is 1. The number of nitrogens with one attached hydrogen (secondary N) is 1. The second kappa shape index (κ2) is 9.44. The van der Waals surface area contributed by atoms with Crippen LogP contribution in [0.2, 0.25) is 0 Å². The Morgan fingerprint density at radius 2 is 1.93 bits per heavy atom. The van der Waals surface area contributed by atoms with Crippen molar-refractivity contribution in [2.75, 3.05) is 12.4 Å². The van der Waals surface area contributed by atoms with Crippen molar-refractivity contribution in [1.29, 1.82) is 5.26 Å². The predicted molar refractivity (Wildman–Crippen MR) is 107 cm³/mol. The Hall–Kier alpha value is -3.26. The number of hydrogen-bond donors (Lipinski definition) is 1. The Morgan fingerprint density at radius 1 is 1.22 bits per heavy atom. The molecule has 0 aromatic heterocycles. The minimum Gasteiger partial charge on any atom is -0.493 e. The third-order valence-electron chi connectivity index (χ3n) is 3.87. The lowest BCUT2D eigenvalue weighted by molar-refractivity contribution is -0.112. The van der Waals surface area contributed by atoms with Gasteiger partial charge in [0.25, 0.3) is 5.91 Å². The van der Waals surface area contributed by atoms with Crippen molar-refractivity contribution in [3.05, 3.63) is 59.2 Å². The number of carbonyl (C=O) groups excluding carboxylic acids is 1. The average molecular weight is 364 g/mol. The van der Waals surface area contributed by atoms with E-state index in [2.05, 4.69) is 12.2 Å². The van der Waals surface area contributed by atoms with Gasteiger partial charge in [0.1, 0.15) is 11.6 Å². The van der Waals surface area contributed by atoms with Gasteiger partial charge in [0.05, 0.1) is 13.2 Å². The molecule has 0 atom stereocenters. The van der Waals surface area contributed by atoms with Gasteiger partial charge in [-0.15, -0.1) is 0 Å². The monoisotopic (exact) mass is 364 g/mol. The zero-order valence-corrected chi connectivity index (χ0v) is 16.1. The van der Waals surface area contributed by atoms with Gasteiger partial charge in [-0.3, -0.25) is 4.79 Å². The van der Waals surface area contributed by atoms with E-state index in [9.17, 15) is 10.1 Å². The SMILES string of the molecule is CCc1ccc(NC(=O)/C(C#N)=C/c2cccc(OC)c2OC(C)C)cc1. The number of hydrogen-bond acceptors (Lipinski definition) is 4. The molecule has 5 nitrogen and oxygen atoms in total. The van der Waals surface area contributed by atoms with Crippen LogP contribution in [-0.4, -0.2) is 19.1 Å². The standard InChI is InChI=1S/C22H24N2O3/c1-5-16-9-11-19(12-10-16)24-22(25)18(14-23)13-17-7-6-8-20(26-4)21(17)27-15(2)3/h6-13,15H,5H2,1-4H3,(H,24,25)/b18-13+. The number of amides is 1. The quantitative estimate of drug-likeness (QED) is 0.576. The van der Waals surface area contributed by atoms with E-state index in [0.717, 1.165) is 6.42 Å². The molecule has 27 heavy (non-hydrogen) atoms. The second-order valence-corrected chi connectivity index (χ2v) is 6.22. The van der Waals surface area contributed by atoms with Crippen LogP contribution in [-0.2, 0) is 11.2 Å². The molecule has 1 amide bonds. The molecule has 1 N–H and O–H groups in total. The second-order valence-electron chi connectivity index (χ2n) is 6.22. The van der Waals surface area contributed by atoms with Crippen LogP contribution in [0.5, 0.6) is 11.5 Å². The van der Waals surface area contributed by atoms with Crippen LogP contribution in [0.1, 0.15) is 31.9 Å². The van der Waals surface area contributed by atoms with Crippen LogP contribution in [0.4, 0.5) is 5.69 Å². The summed E-state index contributed by atoms with van der Waals surface area (Å²) in [5.41, 5.74) is 2.41. The number of para-hydroxylation sites is 1. The van der Waals surface area contributed by atoms with Crippen molar-refractivity contribution in [2.24, 2.45) is 0 Å². The molecule has 0 saturated heterocycles. The fraction of sp³-hybridized carbons (Fsp3) is 0.273. The summed E-state index contributed by atoms with van der Waals surface area (Å²) in [5, 5.41) is 12.2. The minimum atomic E-state index is -0.472. The maximum Gasteiger partial charge on any atom is 0.266 e. The average Bonchev–Trinajstić information content (AvgIpc) is 2.67. The highest BCUT2D eigenvalue weighted by atomic mass is 16.5. The van der Waals surface area contributed by atoms with Crippen molar-refractivity contribution in [3.8, 4) is 17.6 Å². The molecule has 0 aliphatic heterocycles. The molecule has 0 spiro atoms. The van der Waals surface area contributed by atoms with Crippen molar-refractivity contribution in [2.45, 2.75) is 33.3 Å². The van der Waals surface area contributed by atoms with Crippen molar-refractivity contribution in [1.82, 2.24) is 0 Å². The highest BCUT2D eigenvalue weighted by Crippen LogP contribution is 2.33. The van der Waals surface area contributed by atoms with Crippen LogP contribution in [0, 0.1) is 11.3 Å². The van der Waals surface area contributed by atoms with E-state index in [-0.39, 0.29) is 11.7 Å². The lowest BCUT2D eigenvalue weighted by atomic mass is 10.1. The fourth-order valence-corrected chi connectivity index (χ4v) is 2.50. The molecule has 2 rings (SSSR count). The molecule has 2 aromatic rings. The molecule has 5 heteroatoms. The maximum atomic E-state index is 12.5. The normalized spacial score (nSPS) is 11.0. The lowest BCUT2D eigenvalue weighted by Gasteiger charge is -2.16. The van der Waals surface area contributed by atoms with Gasteiger partial charge in [0, 0.05) is 11.3 Å². The fourth-order valence-electron chi connectivity index (χ4n) is 2.50. The summed E-state index contributed by atoms with van der Waals surface area (Å²) in [6.45, 7) is 5.87. The number of rotatable bonds is 7. The largest absolute Gasteiger partial charge is 0.493 e. The number of ether oxygens (including phenoxy) is 2. The molecule has 0 saturated carbocycles. The van der Waals surface area contributed by atoms with E-state index in [1.165, 1.54) is 11.6 Å². The predicted octanol–water partition coefficient (Wildman–Crippen LogP) is 4.59. The van der Waals surface area contributed by atoms with Gasteiger partial charge < -0.3 is 14.8 Å². The Morgan fingerprint density at radius 3 is 2.48 bits per heavy atom. The van der Waals surface area contributed by atoms with Crippen molar-refractivity contribution < 1.29 is 14.3 Å². The van der Waals surface area contributed by atoms with Crippen molar-refractivity contribution in [3.63, 3.8) is 0 Å². The van der Waals surface area contributed by atoms with E-state index < -0.39 is 5.91 Å². The van der Waals surface area contributed by atoms with Crippen LogP contribution >= 0.6 is 0 Å². The number of carbonyl (C=O) groups is 1. The first-order valence-corrected chi connectivity index (χ1v) is 8.84. The summed E-state index contributed by atoms with van der Waals surface area (Å²) in [5.74, 6) is 0.577. The molecule has 0 bridgehead atoms. The summed E-state index contributed by atoms with van der Waals surface area (Å²) >= 11 is 0. The molecular formula is C22H24N2O3. The Bertz CT molecular complexity index is 862. The molecule has 0 unspecified atom stereocenters. The topological polar surface area (TPSA) is 71.4 Å². The molecule has 0 aliphatic rings. The van der Waals surface area contributed by atoms with E-state index in [1.54, 1.807) is 25.3 Å². The zero-order valence-electron chi connectivity index (χ0n) is 16.1. The molecule has 0 heterocycles. The Balaban J connectivity index is 2.31. The molecule has 0 aliphatic carbocycles. The lowest BCUT2D eigenvalue weighted by Crippen LogP contribution is -2.13. The third-order valence-corrected chi connectivity index (χ3v) is 3.87. The first-order chi connectivity index (χ1) is 13.0. The number of aryl methyl sites for hydroxylation is 1. The van der Waals surface area contributed by atoms with E-state index >= 15 is 0 Å². The van der Waals surface area contributed by atoms with Crippen LogP contribution < -0.4 is 14.8 Å². The first kappa shape index (κ1) is 20.1. The summed E-state index contributed by atoms with van der Waals surface area (Å²) < 4.78 is 11.2. The molecule has 140 valence electrons. The van der Waals surface area contributed by atoms with E-state index in [0.29, 0.717) is 22.7 Å². The summed E-state index contributed by atoms with van der Waals surface area (Å²) in [4.78, 5) is 12.5. The Labute approximate surface area is 160 Å². The van der Waals surface area contributed by atoms with Crippen LogP contribution in [0.3, 0.4) is 0 Å². The van der Waals surface area contributed by atoms with Crippen LogP contribution in [0.15, 0.2) is 48.0 Å². The van der Waals surface area contributed by atoms with Gasteiger partial charge in [0.2, 0.25) is 0 Å². The van der Waals surface area contributed by atoms with E-state index in [4.69, 9.17) is 9.47 Å². The van der Waals surface area contributed by atoms with Gasteiger partial charge in [0.15, 0.2) is 11.5 Å². The molecule has 0 fully saturated rings. The molecule has 0 radical (unpaired) electrons. The number of anilines is 1. The van der Waals surface area contributed by atoms with Gasteiger partial charge in [-0.2, -0.15) is 5.26 Å². The van der Waals surface area contributed by atoms with Crippen LogP contribution in [0.25, 0.3) is 6.08 Å². The molecule has 2 aromatic carbocycles. The van der Waals surface area contributed by atoms with Gasteiger partial charge in [-0.25, -0.2) is 0 Å². The number of methoxy groups -OCH3 is 1. The van der Waals surface area contributed by atoms with Crippen molar-refractivity contribution >= 4 is 17.7 Å². The highest BCUT2D eigenvalue weighted by molar-refractivity contribution is 6.09. The van der Waals surface area contributed by atoms with Gasteiger partial charge in [-0.05, 0) is 50.1 Å². The zero-order chi connectivity index (χ0) is 19.8. The van der Waals surface area contributed by atoms with E-state index in [1.807, 2.05) is 44.2 Å². The number of nitriles is 1. The number of benzene rings is 2. The smallest absolute Gasteiger partial charge is 0.266 e. The highest BCUT2D eigenvalue weighted by Gasteiger charge is 2.15. The maximum absolute atomic E-state index is 12.5. The first-order valence-electron chi connectivity index (χ1n) is 8.84. The summed E-state index contributed by atoms with van der Waals surface area (Å²) in [6, 6.07) is 14.8.